The minimum Gasteiger partial charge on any atom is -0.492 e. The highest BCUT2D eigenvalue weighted by Crippen LogP contribution is 2.29. The summed E-state index contributed by atoms with van der Waals surface area (Å²) in [5, 5.41) is 6.86. The molecule has 6 nitrogen and oxygen atoms in total. The van der Waals surface area contributed by atoms with Crippen molar-refractivity contribution in [2.45, 2.75) is 25.9 Å². The molecule has 0 bridgehead atoms. The van der Waals surface area contributed by atoms with Crippen LogP contribution in [0.5, 0.6) is 5.75 Å². The Morgan fingerprint density at radius 2 is 1.84 bits per heavy atom. The number of nitrogens with one attached hydrogen (secondary N) is 1. The summed E-state index contributed by atoms with van der Waals surface area (Å²) in [6, 6.07) is 7.63. The predicted octanol–water partition coefficient (Wildman–Crippen LogP) is 4.36. The number of carbonyl (C=O) groups excluding carboxylic acids is 1. The number of alkyl halides is 3. The first kappa shape index (κ1) is 22.3. The largest absolute Gasteiger partial charge is 0.492 e. The summed E-state index contributed by atoms with van der Waals surface area (Å²) in [6.45, 7) is 4.04. The van der Waals surface area contributed by atoms with Crippen LogP contribution in [0, 0.1) is 5.82 Å². The van der Waals surface area contributed by atoms with E-state index in [-0.39, 0.29) is 30.7 Å². The second kappa shape index (κ2) is 9.15. The molecule has 3 aromatic rings. The van der Waals surface area contributed by atoms with E-state index in [1.165, 1.54) is 41.2 Å². The van der Waals surface area contributed by atoms with Crippen molar-refractivity contribution in [1.29, 1.82) is 0 Å². The molecule has 0 atom stereocenters. The maximum absolute atomic E-state index is 12.9. The average molecular weight is 436 g/mol. The third kappa shape index (κ3) is 5.39. The van der Waals surface area contributed by atoms with Gasteiger partial charge in [-0.15, -0.1) is 0 Å². The number of rotatable bonds is 7. The van der Waals surface area contributed by atoms with E-state index in [1.807, 2.05) is 13.8 Å². The Bertz CT molecular complexity index is 1030. The van der Waals surface area contributed by atoms with Crippen LogP contribution in [0.15, 0.2) is 48.8 Å². The first-order valence-electron chi connectivity index (χ1n) is 9.45. The fourth-order valence-electron chi connectivity index (χ4n) is 2.91. The fraction of sp³-hybridized carbons (Fsp3) is 0.286. The van der Waals surface area contributed by atoms with Crippen molar-refractivity contribution in [3.05, 3.63) is 71.4 Å². The number of benzene rings is 1. The van der Waals surface area contributed by atoms with Crippen LogP contribution in [0.3, 0.4) is 0 Å². The summed E-state index contributed by atoms with van der Waals surface area (Å²) in [6.07, 6.45) is -2.41. The van der Waals surface area contributed by atoms with Gasteiger partial charge in [-0.1, -0.05) is 13.8 Å². The Morgan fingerprint density at radius 1 is 1.13 bits per heavy atom. The van der Waals surface area contributed by atoms with E-state index in [0.717, 1.165) is 12.3 Å². The third-order valence-corrected chi connectivity index (χ3v) is 4.36. The number of carbonyl (C=O) groups is 1. The van der Waals surface area contributed by atoms with Crippen LogP contribution in [0.4, 0.5) is 17.6 Å². The van der Waals surface area contributed by atoms with Gasteiger partial charge in [0.05, 0.1) is 29.6 Å². The minimum atomic E-state index is -4.49. The second-order valence-corrected chi connectivity index (χ2v) is 6.97. The van der Waals surface area contributed by atoms with E-state index in [1.54, 1.807) is 0 Å². The highest BCUT2D eigenvalue weighted by molar-refractivity contribution is 5.95. The Balaban J connectivity index is 1.69. The van der Waals surface area contributed by atoms with Gasteiger partial charge in [0.25, 0.3) is 5.91 Å². The number of ether oxygens (including phenoxy) is 1. The van der Waals surface area contributed by atoms with Crippen LogP contribution in [0.2, 0.25) is 0 Å². The van der Waals surface area contributed by atoms with E-state index in [4.69, 9.17) is 4.74 Å². The van der Waals surface area contributed by atoms with Gasteiger partial charge < -0.3 is 10.1 Å². The number of nitrogens with zero attached hydrogens (tertiary/aromatic N) is 3. The Hall–Kier alpha value is -3.43. The monoisotopic (exact) mass is 436 g/mol. The van der Waals surface area contributed by atoms with E-state index < -0.39 is 17.6 Å². The van der Waals surface area contributed by atoms with Gasteiger partial charge in [-0.05, 0) is 42.3 Å². The van der Waals surface area contributed by atoms with Crippen LogP contribution in [0.25, 0.3) is 5.82 Å². The zero-order valence-electron chi connectivity index (χ0n) is 16.8. The van der Waals surface area contributed by atoms with Crippen LogP contribution in [0.1, 0.15) is 41.4 Å². The zero-order chi connectivity index (χ0) is 22.6. The summed E-state index contributed by atoms with van der Waals surface area (Å²) in [5.41, 5.74) is -0.0590. The topological polar surface area (TPSA) is 69.0 Å². The molecule has 1 amide bonds. The van der Waals surface area contributed by atoms with Gasteiger partial charge in [-0.3, -0.25) is 4.79 Å². The van der Waals surface area contributed by atoms with Crippen molar-refractivity contribution in [1.82, 2.24) is 20.1 Å². The molecule has 0 fully saturated rings. The molecule has 0 saturated heterocycles. The minimum absolute atomic E-state index is 0.150. The van der Waals surface area contributed by atoms with Crippen molar-refractivity contribution >= 4 is 5.91 Å². The number of aromatic nitrogens is 3. The number of hydrogen-bond acceptors (Lipinski definition) is 4. The summed E-state index contributed by atoms with van der Waals surface area (Å²) >= 11 is 0. The molecular formula is C21H20F4N4O2. The highest BCUT2D eigenvalue weighted by atomic mass is 19.4. The molecule has 0 radical (unpaired) electrons. The quantitative estimate of drug-likeness (QED) is 0.442. The van der Waals surface area contributed by atoms with Gasteiger partial charge in [-0.2, -0.15) is 18.3 Å². The first-order valence-corrected chi connectivity index (χ1v) is 9.45. The Kier molecular flexibility index (Phi) is 6.57. The number of halogens is 4. The van der Waals surface area contributed by atoms with Crippen molar-refractivity contribution in [3.63, 3.8) is 0 Å². The molecule has 1 N–H and O–H groups in total. The summed E-state index contributed by atoms with van der Waals surface area (Å²) in [5.74, 6) is -0.274. The molecule has 0 aliphatic rings. The highest BCUT2D eigenvalue weighted by Gasteiger charge is 2.31. The molecule has 0 unspecified atom stereocenters. The fourth-order valence-corrected chi connectivity index (χ4v) is 2.91. The third-order valence-electron chi connectivity index (χ3n) is 4.36. The zero-order valence-corrected chi connectivity index (χ0v) is 16.8. The normalized spacial score (nSPS) is 11.6. The molecule has 2 heterocycles. The molecule has 31 heavy (non-hydrogen) atoms. The van der Waals surface area contributed by atoms with Gasteiger partial charge in [0.2, 0.25) is 0 Å². The lowest BCUT2D eigenvalue weighted by atomic mass is 10.1. The van der Waals surface area contributed by atoms with Crippen molar-refractivity contribution in [2.75, 3.05) is 13.2 Å². The lowest BCUT2D eigenvalue weighted by molar-refractivity contribution is -0.137. The molecular weight excluding hydrogens is 416 g/mol. The van der Waals surface area contributed by atoms with Crippen molar-refractivity contribution in [2.24, 2.45) is 0 Å². The number of hydrogen-bond donors (Lipinski definition) is 1. The molecule has 0 aliphatic heterocycles. The van der Waals surface area contributed by atoms with Crippen LogP contribution in [-0.2, 0) is 6.18 Å². The molecule has 164 valence electrons. The van der Waals surface area contributed by atoms with E-state index in [9.17, 15) is 22.4 Å². The lowest BCUT2D eigenvalue weighted by Gasteiger charge is -2.13. The second-order valence-electron chi connectivity index (χ2n) is 6.97. The number of pyridine rings is 1. The van der Waals surface area contributed by atoms with Crippen LogP contribution >= 0.6 is 0 Å². The SMILES string of the molecule is CC(C)c1c(C(=O)NCCOc2ccc(F)cc2)cnn1-c1ccc(C(F)(F)F)cn1. The summed E-state index contributed by atoms with van der Waals surface area (Å²) < 4.78 is 58.0. The first-order chi connectivity index (χ1) is 14.7. The standard InChI is InChI=1S/C21H20F4N4O2/c1-13(2)19-17(20(30)26-9-10-31-16-6-4-15(22)5-7-16)12-28-29(19)18-8-3-14(11-27-18)21(23,24)25/h3-8,11-13H,9-10H2,1-2H3,(H,26,30). The van der Waals surface area contributed by atoms with Gasteiger partial charge in [0, 0.05) is 6.20 Å². The summed E-state index contributed by atoms with van der Waals surface area (Å²) in [4.78, 5) is 16.5. The molecule has 0 aliphatic carbocycles. The molecule has 3 rings (SSSR count). The van der Waals surface area contributed by atoms with Crippen molar-refractivity contribution < 1.29 is 27.1 Å². The predicted molar refractivity (Wildman–Crippen MR) is 105 cm³/mol. The molecule has 10 heteroatoms. The maximum atomic E-state index is 12.9. The smallest absolute Gasteiger partial charge is 0.417 e. The van der Waals surface area contributed by atoms with E-state index in [0.29, 0.717) is 17.0 Å². The van der Waals surface area contributed by atoms with Crippen LogP contribution < -0.4 is 10.1 Å². The molecule has 0 saturated carbocycles. The maximum Gasteiger partial charge on any atom is 0.417 e. The van der Waals surface area contributed by atoms with E-state index in [2.05, 4.69) is 15.4 Å². The van der Waals surface area contributed by atoms with Gasteiger partial charge in [0.15, 0.2) is 5.82 Å². The number of amides is 1. The molecule has 0 spiro atoms. The molecule has 1 aromatic carbocycles. The van der Waals surface area contributed by atoms with Gasteiger partial charge in [0.1, 0.15) is 18.2 Å². The molecule has 2 aromatic heterocycles. The van der Waals surface area contributed by atoms with E-state index >= 15 is 0 Å². The average Bonchev–Trinajstić information content (AvgIpc) is 3.17. The van der Waals surface area contributed by atoms with Gasteiger partial charge >= 0.3 is 6.18 Å². The Morgan fingerprint density at radius 3 is 2.42 bits per heavy atom. The van der Waals surface area contributed by atoms with Gasteiger partial charge in [-0.25, -0.2) is 14.1 Å². The summed E-state index contributed by atoms with van der Waals surface area (Å²) in [7, 11) is 0. The Labute approximate surface area is 175 Å². The van der Waals surface area contributed by atoms with Crippen LogP contribution in [-0.4, -0.2) is 33.8 Å². The van der Waals surface area contributed by atoms with Crippen molar-refractivity contribution in [3.8, 4) is 11.6 Å². The lowest BCUT2D eigenvalue weighted by Crippen LogP contribution is -2.29.